The molecule has 3 aliphatic carbocycles. The van der Waals surface area contributed by atoms with E-state index in [-0.39, 0.29) is 0 Å². The van der Waals surface area contributed by atoms with Crippen LogP contribution in [-0.4, -0.2) is 0 Å². The van der Waals surface area contributed by atoms with E-state index in [4.69, 9.17) is 4.42 Å². The number of hydrogen-bond donors (Lipinski definition) is 0. The van der Waals surface area contributed by atoms with E-state index in [9.17, 15) is 0 Å². The van der Waals surface area contributed by atoms with E-state index in [1.165, 1.54) is 28.0 Å². The number of benzene rings is 5. The molecule has 2 unspecified atom stereocenters. The Morgan fingerprint density at radius 2 is 1.24 bits per heavy atom. The Morgan fingerprint density at radius 3 is 2.07 bits per heavy atom. The summed E-state index contributed by atoms with van der Waals surface area (Å²) in [5.74, 6) is 0.996. The molecule has 2 heteroatoms. The fraction of sp³-hybridized carbons (Fsp3) is 0.0909. The lowest BCUT2D eigenvalue weighted by Crippen LogP contribution is -2.28. The van der Waals surface area contributed by atoms with E-state index < -0.39 is 0 Å². The molecule has 0 radical (unpaired) electrons. The second-order valence-corrected chi connectivity index (χ2v) is 12.4. The number of allylic oxidation sites excluding steroid dienone is 9. The first kappa shape index (κ1) is 26.8. The lowest BCUT2D eigenvalue weighted by molar-refractivity contribution is 0.435. The van der Waals surface area contributed by atoms with E-state index in [1.807, 2.05) is 12.1 Å². The predicted octanol–water partition coefficient (Wildman–Crippen LogP) is 12.0. The van der Waals surface area contributed by atoms with Crippen molar-refractivity contribution in [1.29, 1.82) is 0 Å². The van der Waals surface area contributed by atoms with Gasteiger partial charge in [0.1, 0.15) is 11.2 Å². The van der Waals surface area contributed by atoms with Gasteiger partial charge in [-0.25, -0.2) is 0 Å². The summed E-state index contributed by atoms with van der Waals surface area (Å²) in [4.78, 5) is 2.44. The summed E-state index contributed by atoms with van der Waals surface area (Å²) in [7, 11) is 0. The Bertz CT molecular complexity index is 2240. The fourth-order valence-electron chi connectivity index (χ4n) is 7.58. The van der Waals surface area contributed by atoms with E-state index >= 15 is 0 Å². The van der Waals surface area contributed by atoms with Gasteiger partial charge in [-0.2, -0.15) is 0 Å². The monoisotopic (exact) mass is 591 g/mol. The van der Waals surface area contributed by atoms with Crippen LogP contribution < -0.4 is 4.90 Å². The van der Waals surface area contributed by atoms with Gasteiger partial charge >= 0.3 is 0 Å². The van der Waals surface area contributed by atoms with Gasteiger partial charge in [0.05, 0.1) is 0 Å². The summed E-state index contributed by atoms with van der Waals surface area (Å²) in [6, 6.07) is 43.3. The molecule has 6 aromatic rings. The molecular weight excluding hydrogens is 558 g/mol. The van der Waals surface area contributed by atoms with E-state index in [2.05, 4.69) is 157 Å². The molecule has 2 atom stereocenters. The Balaban J connectivity index is 1.16. The van der Waals surface area contributed by atoms with Crippen molar-refractivity contribution < 1.29 is 4.42 Å². The number of hydrogen-bond acceptors (Lipinski definition) is 2. The Morgan fingerprint density at radius 1 is 0.543 bits per heavy atom. The number of fused-ring (bicyclic) bond motifs is 6. The molecule has 0 spiro atoms. The highest BCUT2D eigenvalue weighted by Crippen LogP contribution is 2.46. The molecule has 0 fully saturated rings. The largest absolute Gasteiger partial charge is 0.455 e. The maximum absolute atomic E-state index is 6.39. The highest BCUT2D eigenvalue weighted by molar-refractivity contribution is 6.09. The maximum atomic E-state index is 6.39. The van der Waals surface area contributed by atoms with Crippen molar-refractivity contribution in [1.82, 2.24) is 0 Å². The molecule has 0 aliphatic heterocycles. The van der Waals surface area contributed by atoms with Gasteiger partial charge in [-0.05, 0) is 88.9 Å². The van der Waals surface area contributed by atoms with Crippen LogP contribution in [0.5, 0.6) is 0 Å². The topological polar surface area (TPSA) is 16.4 Å². The van der Waals surface area contributed by atoms with Crippen molar-refractivity contribution in [3.63, 3.8) is 0 Å². The summed E-state index contributed by atoms with van der Waals surface area (Å²) in [5, 5.41) is 2.30. The zero-order valence-electron chi connectivity index (χ0n) is 25.5. The second kappa shape index (κ2) is 11.1. The van der Waals surface area contributed by atoms with Crippen LogP contribution in [0.2, 0.25) is 0 Å². The van der Waals surface area contributed by atoms with E-state index in [1.54, 1.807) is 0 Å². The smallest absolute Gasteiger partial charge is 0.143 e. The van der Waals surface area contributed by atoms with Crippen LogP contribution >= 0.6 is 0 Å². The lowest BCUT2D eigenvalue weighted by Gasteiger charge is -2.38. The van der Waals surface area contributed by atoms with Gasteiger partial charge in [0.2, 0.25) is 0 Å². The van der Waals surface area contributed by atoms with E-state index in [0.717, 1.165) is 57.3 Å². The van der Waals surface area contributed by atoms with Gasteiger partial charge in [-0.15, -0.1) is 0 Å². The summed E-state index contributed by atoms with van der Waals surface area (Å²) in [5.41, 5.74) is 13.0. The Kier molecular flexibility index (Phi) is 6.45. The molecule has 0 N–H and O–H groups in total. The summed E-state index contributed by atoms with van der Waals surface area (Å²) in [6.45, 7) is 0. The van der Waals surface area contributed by atoms with Crippen molar-refractivity contribution in [2.24, 2.45) is 11.8 Å². The number of furan rings is 1. The molecule has 1 heterocycles. The molecule has 1 aromatic heterocycles. The standard InChI is InChI=1S/C44H33NO/c1-2-10-30(11-3-1)31-20-25-34(26-21-31)45(42-18-9-16-38-36-13-5-4-12-32(36)24-29-39(38)42)35-27-22-33(23-28-35)37-15-8-17-41-40-14-6-7-19-43(40)46-44(37)41/h1-12,14-15,17-29,36,38H,13,16H2. The summed E-state index contributed by atoms with van der Waals surface area (Å²) < 4.78 is 6.39. The zero-order valence-corrected chi connectivity index (χ0v) is 25.5. The molecule has 0 saturated carbocycles. The van der Waals surface area contributed by atoms with Gasteiger partial charge < -0.3 is 9.32 Å². The molecule has 0 bridgehead atoms. The van der Waals surface area contributed by atoms with Crippen molar-refractivity contribution in [3.8, 4) is 22.3 Å². The molecule has 2 nitrogen and oxygen atoms in total. The zero-order chi connectivity index (χ0) is 30.5. The van der Waals surface area contributed by atoms with Crippen LogP contribution in [0.4, 0.5) is 11.4 Å². The molecule has 46 heavy (non-hydrogen) atoms. The third-order valence-corrected chi connectivity index (χ3v) is 9.86. The van der Waals surface area contributed by atoms with Gasteiger partial charge in [0, 0.05) is 33.4 Å². The van der Waals surface area contributed by atoms with Gasteiger partial charge in [-0.1, -0.05) is 127 Å². The second-order valence-electron chi connectivity index (χ2n) is 12.4. The lowest BCUT2D eigenvalue weighted by atomic mass is 9.70. The highest BCUT2D eigenvalue weighted by Gasteiger charge is 2.33. The average molecular weight is 592 g/mol. The third kappa shape index (κ3) is 4.49. The minimum atomic E-state index is 0.470. The number of rotatable bonds is 5. The van der Waals surface area contributed by atoms with Crippen LogP contribution in [0.3, 0.4) is 0 Å². The van der Waals surface area contributed by atoms with Gasteiger partial charge in [0.25, 0.3) is 0 Å². The van der Waals surface area contributed by atoms with Crippen LogP contribution in [0, 0.1) is 11.8 Å². The molecule has 5 aromatic carbocycles. The first-order chi connectivity index (χ1) is 22.8. The van der Waals surface area contributed by atoms with Crippen molar-refractivity contribution in [3.05, 3.63) is 181 Å². The highest BCUT2D eigenvalue weighted by atomic mass is 16.3. The molecular formula is C44H33NO. The van der Waals surface area contributed by atoms with E-state index in [0.29, 0.717) is 11.8 Å². The third-order valence-electron chi connectivity index (χ3n) is 9.86. The van der Waals surface area contributed by atoms with Crippen molar-refractivity contribution >= 4 is 33.3 Å². The molecule has 3 aliphatic rings. The number of para-hydroxylation sites is 2. The quantitative estimate of drug-likeness (QED) is 0.198. The van der Waals surface area contributed by atoms with Crippen LogP contribution in [0.15, 0.2) is 185 Å². The minimum Gasteiger partial charge on any atom is -0.455 e. The van der Waals surface area contributed by atoms with Crippen molar-refractivity contribution in [2.45, 2.75) is 12.8 Å². The molecule has 0 saturated heterocycles. The Labute approximate surface area is 269 Å². The predicted molar refractivity (Wildman–Crippen MR) is 192 cm³/mol. The fourth-order valence-corrected chi connectivity index (χ4v) is 7.58. The molecule has 9 rings (SSSR count). The summed E-state index contributed by atoms with van der Waals surface area (Å²) >= 11 is 0. The van der Waals surface area contributed by atoms with Crippen LogP contribution in [0.1, 0.15) is 12.8 Å². The number of anilines is 2. The van der Waals surface area contributed by atoms with Crippen LogP contribution in [-0.2, 0) is 0 Å². The average Bonchev–Trinajstić information content (AvgIpc) is 3.52. The van der Waals surface area contributed by atoms with Crippen LogP contribution in [0.25, 0.3) is 44.2 Å². The molecule has 220 valence electrons. The molecule has 0 amide bonds. The summed E-state index contributed by atoms with van der Waals surface area (Å²) in [6.07, 6.45) is 18.4. The Hall–Kier alpha value is -5.60. The maximum Gasteiger partial charge on any atom is 0.143 e. The van der Waals surface area contributed by atoms with Gasteiger partial charge in [-0.3, -0.25) is 0 Å². The van der Waals surface area contributed by atoms with Crippen molar-refractivity contribution in [2.75, 3.05) is 4.90 Å². The first-order valence-corrected chi connectivity index (χ1v) is 16.2. The normalized spacial score (nSPS) is 18.5. The van der Waals surface area contributed by atoms with Gasteiger partial charge in [0.15, 0.2) is 0 Å². The number of nitrogens with zero attached hydrogens (tertiary/aromatic N) is 1. The SMILES string of the molecule is C1=CCC2C(=C1)C=CC1=C(N(c3ccc(-c4ccccc4)cc3)c3ccc(-c4cccc5c4oc4ccccc45)cc3)C=CCC12. The first-order valence-electron chi connectivity index (χ1n) is 16.2. The minimum absolute atomic E-state index is 0.470.